The number of benzene rings is 2. The van der Waals surface area contributed by atoms with Crippen LogP contribution in [0.5, 0.6) is 0 Å². The number of amides is 5. The number of carbonyl (C=O) groups is 5. The van der Waals surface area contributed by atoms with Gasteiger partial charge in [-0.1, -0.05) is 42.8 Å². The van der Waals surface area contributed by atoms with Crippen LogP contribution in [0.4, 0.5) is 17.2 Å². The second-order valence-corrected chi connectivity index (χ2v) is 20.0. The summed E-state index contributed by atoms with van der Waals surface area (Å²) in [6.45, 7) is 7.17. The molecular weight excluding hydrogens is 871 g/mol. The van der Waals surface area contributed by atoms with E-state index >= 15 is 0 Å². The van der Waals surface area contributed by atoms with Gasteiger partial charge in [0.05, 0.1) is 30.9 Å². The Balaban J connectivity index is 0.634. The van der Waals surface area contributed by atoms with Crippen molar-refractivity contribution in [2.45, 2.75) is 98.8 Å². The Labute approximate surface area is 394 Å². The van der Waals surface area contributed by atoms with Gasteiger partial charge in [0.15, 0.2) is 0 Å². The molecule has 67 heavy (non-hydrogen) atoms. The van der Waals surface area contributed by atoms with Crippen LogP contribution in [0, 0.1) is 5.41 Å². The van der Waals surface area contributed by atoms with Crippen LogP contribution in [0.25, 0.3) is 0 Å². The number of rotatable bonds is 17. The van der Waals surface area contributed by atoms with Crippen molar-refractivity contribution in [3.8, 4) is 0 Å². The van der Waals surface area contributed by atoms with E-state index in [0.717, 1.165) is 116 Å². The number of aromatic nitrogens is 3. The molecule has 18 heteroatoms. The summed E-state index contributed by atoms with van der Waals surface area (Å²) in [4.78, 5) is 86.1. The van der Waals surface area contributed by atoms with E-state index in [2.05, 4.69) is 45.6 Å². The van der Waals surface area contributed by atoms with Gasteiger partial charge < -0.3 is 41.1 Å². The molecule has 0 radical (unpaired) electrons. The van der Waals surface area contributed by atoms with Gasteiger partial charge in [-0.25, -0.2) is 15.0 Å². The van der Waals surface area contributed by atoms with Crippen LogP contribution in [0.1, 0.15) is 96.2 Å². The number of anilines is 3. The van der Waals surface area contributed by atoms with Gasteiger partial charge in [0.25, 0.3) is 11.8 Å². The molecule has 1 unspecified atom stereocenters. The van der Waals surface area contributed by atoms with Crippen LogP contribution in [0.3, 0.4) is 0 Å². The number of carbonyl (C=O) groups excluding carboxylic acids is 5. The third-order valence-electron chi connectivity index (χ3n) is 13.9. The molecule has 4 saturated heterocycles. The molecule has 17 nitrogen and oxygen atoms in total. The molecule has 5 aliphatic heterocycles. The van der Waals surface area contributed by atoms with Crippen molar-refractivity contribution < 1.29 is 29.1 Å². The summed E-state index contributed by atoms with van der Waals surface area (Å²) in [7, 11) is 0. The Morgan fingerprint density at radius 3 is 2.46 bits per heavy atom. The minimum Gasteiger partial charge on any atom is -0.394 e. The molecular formula is C49H59N11O6S. The predicted octanol–water partition coefficient (Wildman–Crippen LogP) is 4.11. The lowest BCUT2D eigenvalue weighted by molar-refractivity contribution is -0.137. The van der Waals surface area contributed by atoms with E-state index in [0.29, 0.717) is 36.9 Å². The Morgan fingerprint density at radius 1 is 0.881 bits per heavy atom. The largest absolute Gasteiger partial charge is 0.394 e. The summed E-state index contributed by atoms with van der Waals surface area (Å²) in [5.74, 6) is -0.442. The molecule has 9 rings (SSSR count). The normalized spacial score (nSPS) is 19.9. The Bertz CT molecular complexity index is 2480. The molecule has 1 atom stereocenters. The second kappa shape index (κ2) is 20.1. The third kappa shape index (κ3) is 10.9. The zero-order chi connectivity index (χ0) is 46.5. The summed E-state index contributed by atoms with van der Waals surface area (Å²) in [5, 5.41) is 18.6. The Morgan fingerprint density at radius 2 is 1.70 bits per heavy atom. The van der Waals surface area contributed by atoms with Crippen molar-refractivity contribution in [1.82, 2.24) is 35.4 Å². The number of hydrogen-bond donors (Lipinski definition) is 5. The van der Waals surface area contributed by atoms with Gasteiger partial charge >= 0.3 is 0 Å². The zero-order valence-corrected chi connectivity index (χ0v) is 38.6. The molecule has 7 heterocycles. The van der Waals surface area contributed by atoms with Crippen LogP contribution in [0.15, 0.2) is 83.1 Å². The van der Waals surface area contributed by atoms with Crippen molar-refractivity contribution in [1.29, 1.82) is 0 Å². The Kier molecular flexibility index (Phi) is 13.9. The SMILES string of the molecule is NC1(CO)CCN(c2cnc(Sc3cccc(NC(=O)CCCCCCN4CC5(CCN(c6ccc(C(=O)NCc7ccc8c(c7)CN(C7CCC(=O)NC7=O)C8=O)nc6)C5)C4)c3)cn2)CC1. The molecule has 6 N–H and O–H groups in total. The van der Waals surface area contributed by atoms with Crippen LogP contribution in [-0.4, -0.2) is 123 Å². The van der Waals surface area contributed by atoms with Crippen LogP contribution < -0.4 is 31.5 Å². The number of nitrogens with one attached hydrogen (secondary N) is 3. The van der Waals surface area contributed by atoms with E-state index in [9.17, 15) is 29.1 Å². The lowest BCUT2D eigenvalue weighted by atomic mass is 9.79. The fraction of sp³-hybridized carbons (Fsp3) is 0.469. The summed E-state index contributed by atoms with van der Waals surface area (Å²) in [5.41, 5.74) is 10.3. The number of aliphatic hydroxyl groups excluding tert-OH is 1. The van der Waals surface area contributed by atoms with E-state index < -0.39 is 17.5 Å². The van der Waals surface area contributed by atoms with E-state index in [1.54, 1.807) is 36.8 Å². The molecule has 0 saturated carbocycles. The first kappa shape index (κ1) is 46.2. The molecule has 5 amide bonds. The average Bonchev–Trinajstić information content (AvgIpc) is 3.91. The summed E-state index contributed by atoms with van der Waals surface area (Å²) < 4.78 is 0. The molecule has 4 fully saturated rings. The molecule has 1 spiro atoms. The maximum Gasteiger partial charge on any atom is 0.270 e. The van der Waals surface area contributed by atoms with Crippen molar-refractivity contribution >= 4 is 58.5 Å². The topological polar surface area (TPSA) is 219 Å². The number of likely N-dealkylation sites (tertiary alicyclic amines) is 1. The number of pyridine rings is 1. The number of aliphatic hydroxyl groups is 1. The monoisotopic (exact) mass is 929 g/mol. The van der Waals surface area contributed by atoms with Gasteiger partial charge in [-0.15, -0.1) is 0 Å². The zero-order valence-electron chi connectivity index (χ0n) is 37.8. The standard InChI is InChI=1S/C49H59N11O6S/c50-49(32-61)16-20-58(21-17-49)41-26-53-44(27-52-41)67-37-7-5-6-35(23-37)55-42(62)8-3-1-2-4-18-57-29-48(30-57)15-19-59(31-48)36-10-12-39(51-25-36)45(64)54-24-33-9-11-38-34(22-33)28-60(47(38)66)40-13-14-43(63)56-46(40)65/h5-7,9-12,22-23,25-27,40,61H,1-4,8,13-21,24,28-32,50H2,(H,54,64)(H,55,62)(H,56,63,65). The van der Waals surface area contributed by atoms with Gasteiger partial charge in [0.2, 0.25) is 17.7 Å². The Hall–Kier alpha value is -5.95. The van der Waals surface area contributed by atoms with Crippen molar-refractivity contribution in [2.75, 3.05) is 67.5 Å². The summed E-state index contributed by atoms with van der Waals surface area (Å²) >= 11 is 1.50. The number of nitrogens with two attached hydrogens (primary N) is 1. The maximum atomic E-state index is 13.1. The molecule has 2 aromatic heterocycles. The molecule has 4 aromatic rings. The van der Waals surface area contributed by atoms with Crippen LogP contribution in [0.2, 0.25) is 0 Å². The molecule has 352 valence electrons. The third-order valence-corrected chi connectivity index (χ3v) is 14.8. The number of unbranched alkanes of at least 4 members (excludes halogenated alkanes) is 3. The van der Waals surface area contributed by atoms with Gasteiger partial charge in [-0.05, 0) is 92.6 Å². The minimum absolute atomic E-state index is 0.00904. The lowest BCUT2D eigenvalue weighted by Gasteiger charge is -2.48. The fourth-order valence-electron chi connectivity index (χ4n) is 10.0. The minimum atomic E-state index is -0.669. The molecule has 0 aliphatic carbocycles. The quantitative estimate of drug-likeness (QED) is 0.0744. The highest BCUT2D eigenvalue weighted by Crippen LogP contribution is 2.41. The lowest BCUT2D eigenvalue weighted by Crippen LogP contribution is -2.57. The first-order valence-electron chi connectivity index (χ1n) is 23.5. The van der Waals surface area contributed by atoms with Gasteiger partial charge in [0.1, 0.15) is 22.6 Å². The van der Waals surface area contributed by atoms with Gasteiger partial charge in [0, 0.05) is 92.3 Å². The number of imide groups is 1. The number of fused-ring (bicyclic) bond motifs is 1. The van der Waals surface area contributed by atoms with E-state index in [4.69, 9.17) is 5.73 Å². The molecule has 2 aromatic carbocycles. The highest BCUT2D eigenvalue weighted by atomic mass is 32.2. The maximum absolute atomic E-state index is 13.1. The van der Waals surface area contributed by atoms with Crippen molar-refractivity contribution in [3.05, 3.63) is 95.6 Å². The predicted molar refractivity (Wildman–Crippen MR) is 253 cm³/mol. The highest BCUT2D eigenvalue weighted by molar-refractivity contribution is 7.99. The first-order valence-corrected chi connectivity index (χ1v) is 24.3. The van der Waals surface area contributed by atoms with Crippen LogP contribution >= 0.6 is 11.8 Å². The molecule has 5 aliphatic rings. The van der Waals surface area contributed by atoms with Gasteiger partial charge in [-0.2, -0.15) is 0 Å². The fourth-order valence-corrected chi connectivity index (χ4v) is 10.8. The van der Waals surface area contributed by atoms with Crippen molar-refractivity contribution in [2.24, 2.45) is 11.1 Å². The summed E-state index contributed by atoms with van der Waals surface area (Å²) in [6, 6.07) is 16.3. The average molecular weight is 930 g/mol. The highest BCUT2D eigenvalue weighted by Gasteiger charge is 2.47. The summed E-state index contributed by atoms with van der Waals surface area (Å²) in [6.07, 6.45) is 13.0. The number of hydrogen-bond acceptors (Lipinski definition) is 14. The van der Waals surface area contributed by atoms with Crippen LogP contribution in [-0.2, 0) is 27.5 Å². The second-order valence-electron chi connectivity index (χ2n) is 18.9. The molecule has 0 bridgehead atoms. The van der Waals surface area contributed by atoms with E-state index in [1.165, 1.54) is 16.7 Å². The number of piperidine rings is 2. The van der Waals surface area contributed by atoms with Crippen molar-refractivity contribution in [3.63, 3.8) is 0 Å². The van der Waals surface area contributed by atoms with Gasteiger partial charge in [-0.3, -0.25) is 29.3 Å². The number of nitrogens with zero attached hydrogens (tertiary/aromatic N) is 7. The van der Waals surface area contributed by atoms with E-state index in [1.807, 2.05) is 36.4 Å². The van der Waals surface area contributed by atoms with E-state index in [-0.39, 0.29) is 55.2 Å². The first-order chi connectivity index (χ1) is 32.4. The smallest absolute Gasteiger partial charge is 0.270 e.